The lowest BCUT2D eigenvalue weighted by Crippen LogP contribution is -2.06. The predicted molar refractivity (Wildman–Crippen MR) is 68.5 cm³/mol. The average Bonchev–Trinajstić information content (AvgIpc) is 2.34. The van der Waals surface area contributed by atoms with Crippen LogP contribution in [0.1, 0.15) is 5.56 Å². The average molecular weight is 267 g/mol. The largest absolute Gasteiger partial charge is 0.455 e. The molecule has 1 heterocycles. The lowest BCUT2D eigenvalue weighted by Gasteiger charge is -2.11. The molecule has 0 atom stereocenters. The third kappa shape index (κ3) is 2.97. The van der Waals surface area contributed by atoms with E-state index in [0.717, 1.165) is 0 Å². The van der Waals surface area contributed by atoms with Crippen molar-refractivity contribution in [3.05, 3.63) is 53.1 Å². The maximum Gasteiger partial charge on any atom is 0.147 e. The first-order valence-electron chi connectivity index (χ1n) is 5.46. The second-order valence-corrected chi connectivity index (χ2v) is 4.13. The van der Waals surface area contributed by atoms with Crippen LogP contribution in [0, 0.1) is 5.82 Å². The molecule has 18 heavy (non-hydrogen) atoms. The summed E-state index contributed by atoms with van der Waals surface area (Å²) >= 11 is 5.81. The lowest BCUT2D eigenvalue weighted by atomic mass is 10.1. The highest BCUT2D eigenvalue weighted by molar-refractivity contribution is 6.30. The summed E-state index contributed by atoms with van der Waals surface area (Å²) in [6.45, 7) is 0.352. The summed E-state index contributed by atoms with van der Waals surface area (Å²) in [6.07, 6.45) is 3.43. The van der Waals surface area contributed by atoms with E-state index in [-0.39, 0.29) is 5.82 Å². The number of halogens is 2. The van der Waals surface area contributed by atoms with Gasteiger partial charge in [-0.15, -0.1) is 0 Å². The van der Waals surface area contributed by atoms with Gasteiger partial charge in [-0.1, -0.05) is 17.7 Å². The van der Waals surface area contributed by atoms with E-state index in [1.165, 1.54) is 18.5 Å². The molecule has 2 aromatic rings. The number of pyridine rings is 1. The van der Waals surface area contributed by atoms with Crippen LogP contribution in [0.4, 0.5) is 4.39 Å². The van der Waals surface area contributed by atoms with Crippen LogP contribution in [-0.2, 0) is 6.42 Å². The molecule has 0 unspecified atom stereocenters. The Labute approximate surface area is 109 Å². The Morgan fingerprint density at radius 2 is 2.17 bits per heavy atom. The molecule has 0 saturated carbocycles. The van der Waals surface area contributed by atoms with Crippen molar-refractivity contribution < 1.29 is 9.13 Å². The first-order chi connectivity index (χ1) is 8.70. The van der Waals surface area contributed by atoms with Crippen molar-refractivity contribution in [1.29, 1.82) is 0 Å². The van der Waals surface area contributed by atoms with Gasteiger partial charge in [0.2, 0.25) is 0 Å². The normalized spacial score (nSPS) is 10.4. The Balaban J connectivity index is 2.31. The Hall–Kier alpha value is -1.65. The van der Waals surface area contributed by atoms with E-state index in [4.69, 9.17) is 22.1 Å². The number of hydrogen-bond donors (Lipinski definition) is 1. The third-order valence-electron chi connectivity index (χ3n) is 2.38. The van der Waals surface area contributed by atoms with Crippen molar-refractivity contribution in [2.75, 3.05) is 6.54 Å². The zero-order valence-corrected chi connectivity index (χ0v) is 10.3. The number of aromatic nitrogens is 1. The van der Waals surface area contributed by atoms with Crippen LogP contribution in [0.25, 0.3) is 0 Å². The number of rotatable bonds is 4. The van der Waals surface area contributed by atoms with Crippen molar-refractivity contribution in [3.63, 3.8) is 0 Å². The van der Waals surface area contributed by atoms with Crippen LogP contribution >= 0.6 is 11.6 Å². The topological polar surface area (TPSA) is 48.1 Å². The minimum Gasteiger partial charge on any atom is -0.455 e. The van der Waals surface area contributed by atoms with Gasteiger partial charge in [0.05, 0.1) is 11.2 Å². The minimum absolute atomic E-state index is 0.326. The molecule has 5 heteroatoms. The molecule has 2 N–H and O–H groups in total. The van der Waals surface area contributed by atoms with Gasteiger partial charge in [-0.05, 0) is 25.1 Å². The van der Waals surface area contributed by atoms with Crippen molar-refractivity contribution in [2.24, 2.45) is 5.73 Å². The number of nitrogens with two attached hydrogens (primary N) is 1. The summed E-state index contributed by atoms with van der Waals surface area (Å²) < 4.78 is 19.2. The molecule has 0 fully saturated rings. The molecule has 0 aliphatic rings. The zero-order chi connectivity index (χ0) is 13.0. The molecule has 3 nitrogen and oxygen atoms in total. The molecule has 0 radical (unpaired) electrons. The maximum absolute atomic E-state index is 13.6. The Kier molecular flexibility index (Phi) is 4.12. The summed E-state index contributed by atoms with van der Waals surface area (Å²) in [5.41, 5.74) is 5.92. The summed E-state index contributed by atoms with van der Waals surface area (Å²) in [4.78, 5) is 3.90. The van der Waals surface area contributed by atoms with Gasteiger partial charge in [0.25, 0.3) is 0 Å². The SMILES string of the molecule is NCCc1c(F)cccc1Oc1cncc(Cl)c1. The van der Waals surface area contributed by atoms with Crippen LogP contribution in [0.5, 0.6) is 11.5 Å². The summed E-state index contributed by atoms with van der Waals surface area (Å²) in [6, 6.07) is 6.28. The highest BCUT2D eigenvalue weighted by Gasteiger charge is 2.10. The van der Waals surface area contributed by atoms with E-state index < -0.39 is 0 Å². The molecule has 0 spiro atoms. The van der Waals surface area contributed by atoms with E-state index in [9.17, 15) is 4.39 Å². The Morgan fingerprint density at radius 3 is 2.89 bits per heavy atom. The van der Waals surface area contributed by atoms with Crippen LogP contribution in [0.15, 0.2) is 36.7 Å². The number of benzene rings is 1. The van der Waals surface area contributed by atoms with Crippen LogP contribution < -0.4 is 10.5 Å². The lowest BCUT2D eigenvalue weighted by molar-refractivity contribution is 0.465. The maximum atomic E-state index is 13.6. The standard InChI is InChI=1S/C13H12ClFN2O/c14-9-6-10(8-17-7-9)18-13-3-1-2-12(15)11(13)4-5-16/h1-3,6-8H,4-5,16H2. The minimum atomic E-state index is -0.326. The fourth-order valence-corrected chi connectivity index (χ4v) is 1.76. The number of hydrogen-bond acceptors (Lipinski definition) is 3. The van der Waals surface area contributed by atoms with E-state index in [0.29, 0.717) is 35.1 Å². The Bertz CT molecular complexity index is 548. The molecule has 94 valence electrons. The van der Waals surface area contributed by atoms with E-state index in [2.05, 4.69) is 4.98 Å². The molecule has 2 rings (SSSR count). The summed E-state index contributed by atoms with van der Waals surface area (Å²) in [5, 5.41) is 0.462. The summed E-state index contributed by atoms with van der Waals surface area (Å²) in [5.74, 6) is 0.573. The van der Waals surface area contributed by atoms with E-state index >= 15 is 0 Å². The van der Waals surface area contributed by atoms with Crippen LogP contribution in [0.2, 0.25) is 5.02 Å². The Morgan fingerprint density at radius 1 is 1.33 bits per heavy atom. The van der Waals surface area contributed by atoms with Gasteiger partial charge >= 0.3 is 0 Å². The fourth-order valence-electron chi connectivity index (χ4n) is 1.60. The van der Waals surface area contributed by atoms with Crippen molar-refractivity contribution in [1.82, 2.24) is 4.98 Å². The molecule has 0 aliphatic carbocycles. The van der Waals surface area contributed by atoms with Crippen molar-refractivity contribution >= 4 is 11.6 Å². The second kappa shape index (κ2) is 5.80. The predicted octanol–water partition coefficient (Wildman–Crippen LogP) is 3.17. The number of ether oxygens (including phenoxy) is 1. The molecule has 1 aromatic heterocycles. The van der Waals surface area contributed by atoms with Gasteiger partial charge in [-0.3, -0.25) is 4.98 Å². The third-order valence-corrected chi connectivity index (χ3v) is 2.58. The molecule has 0 aliphatic heterocycles. The molecule has 1 aromatic carbocycles. The highest BCUT2D eigenvalue weighted by atomic mass is 35.5. The number of nitrogens with zero attached hydrogens (tertiary/aromatic N) is 1. The van der Waals surface area contributed by atoms with Crippen LogP contribution in [0.3, 0.4) is 0 Å². The second-order valence-electron chi connectivity index (χ2n) is 3.70. The van der Waals surface area contributed by atoms with Gasteiger partial charge in [0.1, 0.15) is 17.3 Å². The van der Waals surface area contributed by atoms with E-state index in [1.807, 2.05) is 0 Å². The van der Waals surface area contributed by atoms with Crippen molar-refractivity contribution in [3.8, 4) is 11.5 Å². The van der Waals surface area contributed by atoms with Gasteiger partial charge < -0.3 is 10.5 Å². The van der Waals surface area contributed by atoms with Gasteiger partial charge in [-0.2, -0.15) is 0 Å². The smallest absolute Gasteiger partial charge is 0.147 e. The zero-order valence-electron chi connectivity index (χ0n) is 9.57. The molecular weight excluding hydrogens is 255 g/mol. The quantitative estimate of drug-likeness (QED) is 0.925. The molecule has 0 bridgehead atoms. The van der Waals surface area contributed by atoms with Gasteiger partial charge in [0.15, 0.2) is 0 Å². The fraction of sp³-hybridized carbons (Fsp3) is 0.154. The first-order valence-corrected chi connectivity index (χ1v) is 5.84. The van der Waals surface area contributed by atoms with Crippen molar-refractivity contribution in [2.45, 2.75) is 6.42 Å². The van der Waals surface area contributed by atoms with Gasteiger partial charge in [-0.25, -0.2) is 4.39 Å². The monoisotopic (exact) mass is 266 g/mol. The molecule has 0 saturated heterocycles. The van der Waals surface area contributed by atoms with Crippen LogP contribution in [-0.4, -0.2) is 11.5 Å². The molecular formula is C13H12ClFN2O. The molecule has 0 amide bonds. The van der Waals surface area contributed by atoms with E-state index in [1.54, 1.807) is 18.2 Å². The first kappa shape index (κ1) is 12.8. The summed E-state index contributed by atoms with van der Waals surface area (Å²) in [7, 11) is 0. The van der Waals surface area contributed by atoms with Gasteiger partial charge in [0, 0.05) is 17.8 Å². The highest BCUT2D eigenvalue weighted by Crippen LogP contribution is 2.28.